The van der Waals surface area contributed by atoms with Gasteiger partial charge in [-0.3, -0.25) is 4.90 Å². The van der Waals surface area contributed by atoms with Crippen LogP contribution in [0.1, 0.15) is 25.3 Å². The van der Waals surface area contributed by atoms with Crippen molar-refractivity contribution in [3.05, 3.63) is 22.7 Å². The van der Waals surface area contributed by atoms with E-state index in [-0.39, 0.29) is 11.7 Å². The van der Waals surface area contributed by atoms with E-state index in [4.69, 9.17) is 25.8 Å². The molecular formula is C18H25ClN2O4. The summed E-state index contributed by atoms with van der Waals surface area (Å²) in [7, 11) is 3.39. The third-order valence-electron chi connectivity index (χ3n) is 4.70. The Balaban J connectivity index is 1.76. The molecule has 2 saturated heterocycles. The molecule has 2 aliphatic heterocycles. The highest BCUT2D eigenvalue weighted by Gasteiger charge is 2.48. The first-order valence-electron chi connectivity index (χ1n) is 8.62. The van der Waals surface area contributed by atoms with Gasteiger partial charge in [0.05, 0.1) is 20.3 Å². The van der Waals surface area contributed by atoms with Crippen molar-refractivity contribution in [2.24, 2.45) is 0 Å². The van der Waals surface area contributed by atoms with Gasteiger partial charge in [-0.25, -0.2) is 4.79 Å². The van der Waals surface area contributed by atoms with Crippen molar-refractivity contribution in [1.29, 1.82) is 0 Å². The molecular weight excluding hydrogens is 344 g/mol. The van der Waals surface area contributed by atoms with Crippen molar-refractivity contribution in [2.75, 3.05) is 40.4 Å². The van der Waals surface area contributed by atoms with Gasteiger partial charge in [0.2, 0.25) is 0 Å². The fraction of sp³-hybridized carbons (Fsp3) is 0.611. The summed E-state index contributed by atoms with van der Waals surface area (Å²) in [4.78, 5) is 15.6. The van der Waals surface area contributed by atoms with E-state index >= 15 is 0 Å². The van der Waals surface area contributed by atoms with E-state index in [1.807, 2.05) is 6.07 Å². The standard InChI is InChI=1S/C18H25ClN2O4/c1-4-7-24-16-13(8-14(19)9-15(16)23-3)10-21-6-5-18(12-21)11-20(2)17(22)25-18/h8-9H,4-7,10-12H2,1-3H3/t18-/m0/s1. The van der Waals surface area contributed by atoms with Gasteiger partial charge in [-0.1, -0.05) is 18.5 Å². The van der Waals surface area contributed by atoms with Gasteiger partial charge in [0, 0.05) is 49.8 Å². The van der Waals surface area contributed by atoms with Crippen LogP contribution in [-0.4, -0.2) is 61.9 Å². The van der Waals surface area contributed by atoms with Crippen LogP contribution in [0.3, 0.4) is 0 Å². The normalized spacial score (nSPS) is 23.4. The van der Waals surface area contributed by atoms with Gasteiger partial charge in [-0.05, 0) is 12.5 Å². The molecule has 0 bridgehead atoms. The summed E-state index contributed by atoms with van der Waals surface area (Å²) in [5, 5.41) is 0.622. The first-order valence-corrected chi connectivity index (χ1v) is 9.00. The summed E-state index contributed by atoms with van der Waals surface area (Å²) in [5.41, 5.74) is 0.603. The molecule has 3 rings (SSSR count). The van der Waals surface area contributed by atoms with Crippen molar-refractivity contribution < 1.29 is 19.0 Å². The number of hydrogen-bond donors (Lipinski definition) is 0. The van der Waals surface area contributed by atoms with Gasteiger partial charge in [-0.15, -0.1) is 0 Å². The van der Waals surface area contributed by atoms with Crippen LogP contribution in [-0.2, 0) is 11.3 Å². The SMILES string of the molecule is CCCOc1c(CN2CC[C@@]3(C2)CN(C)C(=O)O3)cc(Cl)cc1OC. The Morgan fingerprint density at radius 2 is 2.16 bits per heavy atom. The molecule has 1 spiro atoms. The number of carbonyl (C=O) groups excluding carboxylic acids is 1. The van der Waals surface area contributed by atoms with E-state index in [0.29, 0.717) is 37.0 Å². The molecule has 0 saturated carbocycles. The number of hydrogen-bond acceptors (Lipinski definition) is 5. The smallest absolute Gasteiger partial charge is 0.410 e. The molecule has 7 heteroatoms. The Hall–Kier alpha value is -1.66. The summed E-state index contributed by atoms with van der Waals surface area (Å²) in [6.45, 7) is 5.59. The van der Waals surface area contributed by atoms with Gasteiger partial charge in [0.15, 0.2) is 11.5 Å². The summed E-state index contributed by atoms with van der Waals surface area (Å²) in [6, 6.07) is 3.70. The zero-order chi connectivity index (χ0) is 18.0. The quantitative estimate of drug-likeness (QED) is 0.772. The number of ether oxygens (including phenoxy) is 3. The van der Waals surface area contributed by atoms with Crippen LogP contribution in [0.5, 0.6) is 11.5 Å². The Bertz CT molecular complexity index is 654. The molecule has 0 aromatic heterocycles. The number of likely N-dealkylation sites (N-methyl/N-ethyl adjacent to an activating group) is 1. The van der Waals surface area contributed by atoms with Crippen molar-refractivity contribution >= 4 is 17.7 Å². The number of amides is 1. The topological polar surface area (TPSA) is 51.2 Å². The van der Waals surface area contributed by atoms with Crippen molar-refractivity contribution in [1.82, 2.24) is 9.80 Å². The number of halogens is 1. The second-order valence-electron chi connectivity index (χ2n) is 6.81. The second-order valence-corrected chi connectivity index (χ2v) is 7.25. The van der Waals surface area contributed by atoms with Crippen LogP contribution in [0, 0.1) is 0 Å². The molecule has 2 heterocycles. The Morgan fingerprint density at radius 1 is 1.36 bits per heavy atom. The number of benzene rings is 1. The lowest BCUT2D eigenvalue weighted by atomic mass is 10.0. The number of methoxy groups -OCH3 is 1. The predicted molar refractivity (Wildman–Crippen MR) is 95.5 cm³/mol. The van der Waals surface area contributed by atoms with Crippen LogP contribution < -0.4 is 9.47 Å². The molecule has 6 nitrogen and oxygen atoms in total. The van der Waals surface area contributed by atoms with Gasteiger partial charge >= 0.3 is 6.09 Å². The molecule has 1 amide bonds. The van der Waals surface area contributed by atoms with E-state index in [1.54, 1.807) is 25.1 Å². The Labute approximate surface area is 153 Å². The van der Waals surface area contributed by atoms with Crippen LogP contribution in [0.2, 0.25) is 5.02 Å². The average Bonchev–Trinajstić information content (AvgIpc) is 3.08. The highest BCUT2D eigenvalue weighted by atomic mass is 35.5. The maximum Gasteiger partial charge on any atom is 0.410 e. The van der Waals surface area contributed by atoms with Crippen molar-refractivity contribution in [3.63, 3.8) is 0 Å². The third-order valence-corrected chi connectivity index (χ3v) is 4.92. The van der Waals surface area contributed by atoms with Gasteiger partial charge < -0.3 is 19.1 Å². The highest BCUT2D eigenvalue weighted by molar-refractivity contribution is 6.30. The van der Waals surface area contributed by atoms with E-state index in [0.717, 1.165) is 30.7 Å². The van der Waals surface area contributed by atoms with Gasteiger partial charge in [0.25, 0.3) is 0 Å². The predicted octanol–water partition coefficient (Wildman–Crippen LogP) is 3.16. The Kier molecular flexibility index (Phi) is 5.29. The second kappa shape index (κ2) is 7.30. The lowest BCUT2D eigenvalue weighted by molar-refractivity contribution is 0.0626. The lowest BCUT2D eigenvalue weighted by Crippen LogP contribution is -2.37. The highest BCUT2D eigenvalue weighted by Crippen LogP contribution is 2.38. The number of rotatable bonds is 6. The molecule has 1 atom stereocenters. The van der Waals surface area contributed by atoms with Crippen LogP contribution in [0.25, 0.3) is 0 Å². The first kappa shape index (κ1) is 18.1. The van der Waals surface area contributed by atoms with E-state index in [2.05, 4.69) is 11.8 Å². The van der Waals surface area contributed by atoms with Crippen LogP contribution in [0.4, 0.5) is 4.79 Å². The zero-order valence-corrected chi connectivity index (χ0v) is 15.8. The lowest BCUT2D eigenvalue weighted by Gasteiger charge is -2.23. The maximum atomic E-state index is 11.7. The minimum Gasteiger partial charge on any atom is -0.493 e. The molecule has 0 unspecified atom stereocenters. The maximum absolute atomic E-state index is 11.7. The van der Waals surface area contributed by atoms with Crippen LogP contribution in [0.15, 0.2) is 12.1 Å². The molecule has 25 heavy (non-hydrogen) atoms. The minimum absolute atomic E-state index is 0.238. The molecule has 0 N–H and O–H groups in total. The molecule has 2 aliphatic rings. The van der Waals surface area contributed by atoms with E-state index < -0.39 is 0 Å². The molecule has 1 aromatic carbocycles. The molecule has 2 fully saturated rings. The minimum atomic E-state index is -0.390. The van der Waals surface area contributed by atoms with Crippen molar-refractivity contribution in [2.45, 2.75) is 31.9 Å². The fourth-order valence-electron chi connectivity index (χ4n) is 3.57. The van der Waals surface area contributed by atoms with E-state index in [9.17, 15) is 4.79 Å². The number of carbonyl (C=O) groups is 1. The van der Waals surface area contributed by atoms with E-state index in [1.165, 1.54) is 0 Å². The Morgan fingerprint density at radius 3 is 2.80 bits per heavy atom. The van der Waals surface area contributed by atoms with Gasteiger partial charge in [-0.2, -0.15) is 0 Å². The molecule has 138 valence electrons. The number of nitrogens with zero attached hydrogens (tertiary/aromatic N) is 2. The van der Waals surface area contributed by atoms with Crippen molar-refractivity contribution in [3.8, 4) is 11.5 Å². The summed E-state index contributed by atoms with van der Waals surface area (Å²) < 4.78 is 17.0. The largest absolute Gasteiger partial charge is 0.493 e. The monoisotopic (exact) mass is 368 g/mol. The molecule has 1 aromatic rings. The first-order chi connectivity index (χ1) is 12.0. The number of likely N-dealkylation sites (tertiary alicyclic amines) is 1. The summed E-state index contributed by atoms with van der Waals surface area (Å²) in [5.74, 6) is 1.40. The molecule has 0 radical (unpaired) electrons. The van der Waals surface area contributed by atoms with Gasteiger partial charge in [0.1, 0.15) is 5.60 Å². The molecule has 0 aliphatic carbocycles. The third kappa shape index (κ3) is 3.80. The summed E-state index contributed by atoms with van der Waals surface area (Å²) in [6.07, 6.45) is 1.52. The summed E-state index contributed by atoms with van der Waals surface area (Å²) >= 11 is 6.25. The average molecular weight is 369 g/mol. The van der Waals surface area contributed by atoms with Crippen LogP contribution >= 0.6 is 11.6 Å². The zero-order valence-electron chi connectivity index (χ0n) is 15.0. The fourth-order valence-corrected chi connectivity index (χ4v) is 3.80.